The molecule has 76 valence electrons. The summed E-state index contributed by atoms with van der Waals surface area (Å²) in [4.78, 5) is 0. The number of anilines is 1. The zero-order valence-electron chi connectivity index (χ0n) is 8.93. The van der Waals surface area contributed by atoms with Gasteiger partial charge < -0.3 is 10.6 Å². The molecule has 1 aliphatic rings. The summed E-state index contributed by atoms with van der Waals surface area (Å²) < 4.78 is 0. The highest BCUT2D eigenvalue weighted by atomic mass is 14.9. The van der Waals surface area contributed by atoms with E-state index in [1.54, 1.807) is 0 Å². The van der Waals surface area contributed by atoms with Crippen molar-refractivity contribution in [1.82, 2.24) is 5.32 Å². The van der Waals surface area contributed by atoms with Gasteiger partial charge in [-0.1, -0.05) is 12.1 Å². The molecule has 0 aliphatic carbocycles. The molecule has 2 heteroatoms. The van der Waals surface area contributed by atoms with Gasteiger partial charge in [-0.2, -0.15) is 0 Å². The monoisotopic (exact) mass is 190 g/mol. The minimum absolute atomic E-state index is 0.558. The molecule has 0 fully saturated rings. The maximum absolute atomic E-state index is 3.38. The maximum atomic E-state index is 3.38. The largest absolute Gasteiger partial charge is 0.384 e. The maximum Gasteiger partial charge on any atom is 0.0373 e. The third-order valence-electron chi connectivity index (χ3n) is 2.91. The Balaban J connectivity index is 2.12. The molecule has 2 N–H and O–H groups in total. The van der Waals surface area contributed by atoms with Crippen LogP contribution < -0.4 is 10.6 Å². The normalized spacial score (nSPS) is 16.1. The average Bonchev–Trinajstić information content (AvgIpc) is 2.64. The molecular formula is C12H18N2. The van der Waals surface area contributed by atoms with Gasteiger partial charge in [0.05, 0.1) is 0 Å². The van der Waals surface area contributed by atoms with E-state index in [1.165, 1.54) is 23.2 Å². The first-order valence-corrected chi connectivity index (χ1v) is 5.32. The third kappa shape index (κ3) is 1.90. The summed E-state index contributed by atoms with van der Waals surface area (Å²) in [5.74, 6) is 0. The van der Waals surface area contributed by atoms with Gasteiger partial charge in [-0.25, -0.2) is 0 Å². The summed E-state index contributed by atoms with van der Waals surface area (Å²) in [5, 5.41) is 6.64. The van der Waals surface area contributed by atoms with Crippen molar-refractivity contribution >= 4 is 5.69 Å². The van der Waals surface area contributed by atoms with Crippen LogP contribution in [0.3, 0.4) is 0 Å². The first-order valence-electron chi connectivity index (χ1n) is 5.32. The number of fused-ring (bicyclic) bond motifs is 1. The van der Waals surface area contributed by atoms with Gasteiger partial charge in [0.1, 0.15) is 0 Å². The summed E-state index contributed by atoms with van der Waals surface area (Å²) in [6.45, 7) is 3.31. The van der Waals surface area contributed by atoms with E-state index in [-0.39, 0.29) is 0 Å². The molecule has 2 nitrogen and oxygen atoms in total. The topological polar surface area (TPSA) is 24.1 Å². The van der Waals surface area contributed by atoms with Crippen molar-refractivity contribution in [3.8, 4) is 0 Å². The van der Waals surface area contributed by atoms with Gasteiger partial charge in [-0.15, -0.1) is 0 Å². The zero-order chi connectivity index (χ0) is 9.97. The first-order chi connectivity index (χ1) is 6.79. The highest BCUT2D eigenvalue weighted by Gasteiger charge is 2.10. The van der Waals surface area contributed by atoms with E-state index in [0.29, 0.717) is 6.04 Å². The van der Waals surface area contributed by atoms with E-state index in [0.717, 1.165) is 13.0 Å². The van der Waals surface area contributed by atoms with E-state index >= 15 is 0 Å². The summed E-state index contributed by atoms with van der Waals surface area (Å²) in [6, 6.07) is 7.33. The molecule has 0 spiro atoms. The van der Waals surface area contributed by atoms with Crippen molar-refractivity contribution in [2.75, 3.05) is 18.9 Å². The van der Waals surface area contributed by atoms with Gasteiger partial charge in [0.25, 0.3) is 0 Å². The molecule has 14 heavy (non-hydrogen) atoms. The highest BCUT2D eigenvalue weighted by Crippen LogP contribution is 2.23. The van der Waals surface area contributed by atoms with E-state index < -0.39 is 0 Å². The first kappa shape index (κ1) is 9.53. The molecule has 1 aliphatic heterocycles. The second-order valence-corrected chi connectivity index (χ2v) is 4.06. The van der Waals surface area contributed by atoms with Gasteiger partial charge in [0.2, 0.25) is 0 Å². The summed E-state index contributed by atoms with van der Waals surface area (Å²) in [6.07, 6.45) is 2.29. The molecule has 1 heterocycles. The molecule has 1 unspecified atom stereocenters. The van der Waals surface area contributed by atoms with Crippen LogP contribution in [-0.4, -0.2) is 19.6 Å². The lowest BCUT2D eigenvalue weighted by Gasteiger charge is -2.10. The predicted molar refractivity (Wildman–Crippen MR) is 60.9 cm³/mol. The van der Waals surface area contributed by atoms with Crippen molar-refractivity contribution in [3.05, 3.63) is 29.3 Å². The van der Waals surface area contributed by atoms with Crippen LogP contribution in [0.2, 0.25) is 0 Å². The Labute approximate surface area is 85.7 Å². The SMILES string of the molecule is CNC(C)Cc1ccc2c(c1)CCN2. The highest BCUT2D eigenvalue weighted by molar-refractivity contribution is 5.56. The minimum atomic E-state index is 0.558. The van der Waals surface area contributed by atoms with Crippen LogP contribution in [0, 0.1) is 0 Å². The van der Waals surface area contributed by atoms with Gasteiger partial charge in [0, 0.05) is 18.3 Å². The zero-order valence-corrected chi connectivity index (χ0v) is 8.93. The fraction of sp³-hybridized carbons (Fsp3) is 0.500. The van der Waals surface area contributed by atoms with Crippen molar-refractivity contribution in [3.63, 3.8) is 0 Å². The summed E-state index contributed by atoms with van der Waals surface area (Å²) in [5.41, 5.74) is 4.24. The fourth-order valence-electron chi connectivity index (χ4n) is 1.94. The van der Waals surface area contributed by atoms with Crippen LogP contribution in [0.4, 0.5) is 5.69 Å². The van der Waals surface area contributed by atoms with Crippen LogP contribution >= 0.6 is 0 Å². The van der Waals surface area contributed by atoms with E-state index in [9.17, 15) is 0 Å². The lowest BCUT2D eigenvalue weighted by molar-refractivity contribution is 0.608. The Hall–Kier alpha value is -1.02. The van der Waals surface area contributed by atoms with Gasteiger partial charge in [-0.05, 0) is 44.0 Å². The third-order valence-corrected chi connectivity index (χ3v) is 2.91. The Morgan fingerprint density at radius 3 is 3.14 bits per heavy atom. The molecule has 1 atom stereocenters. The van der Waals surface area contributed by atoms with Gasteiger partial charge in [-0.3, -0.25) is 0 Å². The molecule has 0 bridgehead atoms. The Morgan fingerprint density at radius 2 is 2.36 bits per heavy atom. The second kappa shape index (κ2) is 4.01. The molecule has 0 saturated heterocycles. The van der Waals surface area contributed by atoms with Crippen molar-refractivity contribution in [2.24, 2.45) is 0 Å². The minimum Gasteiger partial charge on any atom is -0.384 e. The Bertz CT molecular complexity index is 320. The number of rotatable bonds is 3. The molecule has 1 aromatic carbocycles. The van der Waals surface area contributed by atoms with Crippen LogP contribution in [0.5, 0.6) is 0 Å². The van der Waals surface area contributed by atoms with E-state index in [1.807, 2.05) is 7.05 Å². The predicted octanol–water partition coefficient (Wildman–Crippen LogP) is 1.80. The number of hydrogen-bond donors (Lipinski definition) is 2. The average molecular weight is 190 g/mol. The van der Waals surface area contributed by atoms with E-state index in [2.05, 4.69) is 35.8 Å². The quantitative estimate of drug-likeness (QED) is 0.759. The molecular weight excluding hydrogens is 172 g/mol. The lowest BCUT2D eigenvalue weighted by atomic mass is 10.0. The van der Waals surface area contributed by atoms with Crippen LogP contribution in [0.25, 0.3) is 0 Å². The molecule has 0 saturated carbocycles. The number of likely N-dealkylation sites (N-methyl/N-ethyl adjacent to an activating group) is 1. The van der Waals surface area contributed by atoms with Gasteiger partial charge in [0.15, 0.2) is 0 Å². The molecule has 0 aromatic heterocycles. The molecule has 0 amide bonds. The van der Waals surface area contributed by atoms with Crippen LogP contribution in [0.1, 0.15) is 18.1 Å². The number of nitrogens with one attached hydrogen (secondary N) is 2. The van der Waals surface area contributed by atoms with Crippen LogP contribution in [0.15, 0.2) is 18.2 Å². The Morgan fingerprint density at radius 1 is 1.50 bits per heavy atom. The van der Waals surface area contributed by atoms with Crippen LogP contribution in [-0.2, 0) is 12.8 Å². The number of benzene rings is 1. The second-order valence-electron chi connectivity index (χ2n) is 4.06. The fourth-order valence-corrected chi connectivity index (χ4v) is 1.94. The molecule has 1 aromatic rings. The Kier molecular flexibility index (Phi) is 2.73. The van der Waals surface area contributed by atoms with Gasteiger partial charge >= 0.3 is 0 Å². The lowest BCUT2D eigenvalue weighted by Crippen LogP contribution is -2.23. The number of hydrogen-bond acceptors (Lipinski definition) is 2. The van der Waals surface area contributed by atoms with Crippen molar-refractivity contribution < 1.29 is 0 Å². The summed E-state index contributed by atoms with van der Waals surface area (Å²) in [7, 11) is 2.01. The smallest absolute Gasteiger partial charge is 0.0373 e. The van der Waals surface area contributed by atoms with E-state index in [4.69, 9.17) is 0 Å². The standard InChI is InChI=1S/C12H18N2/c1-9(13-2)7-10-3-4-12-11(8-10)5-6-14-12/h3-4,8-9,13-14H,5-7H2,1-2H3. The molecule has 0 radical (unpaired) electrons. The summed E-state index contributed by atoms with van der Waals surface area (Å²) >= 11 is 0. The molecule has 2 rings (SSSR count). The van der Waals surface area contributed by atoms with Crippen molar-refractivity contribution in [2.45, 2.75) is 25.8 Å². The van der Waals surface area contributed by atoms with Crippen molar-refractivity contribution in [1.29, 1.82) is 0 Å².